The van der Waals surface area contributed by atoms with E-state index in [1.807, 2.05) is 20.8 Å². The molecule has 0 unspecified atom stereocenters. The Morgan fingerprint density at radius 3 is 2.77 bits per heavy atom. The van der Waals surface area contributed by atoms with Gasteiger partial charge in [0.2, 0.25) is 5.82 Å². The van der Waals surface area contributed by atoms with Crippen LogP contribution >= 0.6 is 15.9 Å². The number of carbonyl (C=O) groups is 1. The monoisotopic (exact) mass is 479 g/mol. The molecule has 3 rings (SSSR count). The highest BCUT2D eigenvalue weighted by atomic mass is 79.9. The average Bonchev–Trinajstić information content (AvgIpc) is 3.28. The van der Waals surface area contributed by atoms with E-state index in [1.54, 1.807) is 13.1 Å². The van der Waals surface area contributed by atoms with Crippen molar-refractivity contribution in [3.63, 3.8) is 0 Å². The molecule has 2 N–H and O–H groups in total. The van der Waals surface area contributed by atoms with Gasteiger partial charge >= 0.3 is 0 Å². The van der Waals surface area contributed by atoms with Crippen molar-refractivity contribution < 1.29 is 18.8 Å². The van der Waals surface area contributed by atoms with Gasteiger partial charge in [-0.3, -0.25) is 14.4 Å². The fourth-order valence-corrected chi connectivity index (χ4v) is 2.68. The van der Waals surface area contributed by atoms with Crippen LogP contribution in [-0.4, -0.2) is 32.2 Å². The van der Waals surface area contributed by atoms with E-state index in [-0.39, 0.29) is 21.4 Å². The molecule has 0 saturated heterocycles. The summed E-state index contributed by atoms with van der Waals surface area (Å²) in [6, 6.07) is 5.93. The maximum atomic E-state index is 13.2. The van der Waals surface area contributed by atoms with E-state index >= 15 is 0 Å². The zero-order valence-corrected chi connectivity index (χ0v) is 18.2. The molecule has 2 heterocycles. The number of nitrogens with zero attached hydrogens (tertiary/aromatic N) is 5. The van der Waals surface area contributed by atoms with Crippen molar-refractivity contribution in [1.29, 1.82) is 0 Å². The van der Waals surface area contributed by atoms with E-state index in [0.717, 1.165) is 5.69 Å². The van der Waals surface area contributed by atoms with E-state index in [4.69, 9.17) is 4.94 Å². The number of halogens is 2. The van der Waals surface area contributed by atoms with Crippen LogP contribution in [0.2, 0.25) is 0 Å². The Morgan fingerprint density at radius 1 is 1.33 bits per heavy atom. The lowest BCUT2D eigenvalue weighted by atomic mass is 9.92. The van der Waals surface area contributed by atoms with Crippen LogP contribution in [-0.2, 0) is 17.4 Å². The van der Waals surface area contributed by atoms with E-state index in [1.165, 1.54) is 29.1 Å². The first-order chi connectivity index (χ1) is 14.1. The Balaban J connectivity index is 1.64. The summed E-state index contributed by atoms with van der Waals surface area (Å²) < 4.78 is 19.6. The third kappa shape index (κ3) is 5.00. The van der Waals surface area contributed by atoms with Gasteiger partial charge in [0.15, 0.2) is 5.69 Å². The molecule has 158 valence electrons. The smallest absolute Gasteiger partial charge is 0.275 e. The number of hydrogen-bond acceptors (Lipinski definition) is 8. The molecular formula is C18H19BrFN7O3. The number of benzene rings is 1. The van der Waals surface area contributed by atoms with Gasteiger partial charge in [-0.25, -0.2) is 9.02 Å². The molecule has 12 heteroatoms. The third-order valence-electron chi connectivity index (χ3n) is 3.94. The third-order valence-corrected chi connectivity index (χ3v) is 4.55. The van der Waals surface area contributed by atoms with E-state index in [2.05, 4.69) is 51.9 Å². The van der Waals surface area contributed by atoms with Gasteiger partial charge in [0.05, 0.1) is 15.9 Å². The Labute approximate surface area is 179 Å². The lowest BCUT2D eigenvalue weighted by Gasteiger charge is -2.13. The minimum absolute atomic E-state index is 0.0652. The Hall–Kier alpha value is -3.28. The normalized spacial score (nSPS) is 11.7. The summed E-state index contributed by atoms with van der Waals surface area (Å²) in [5.41, 5.74) is 4.06. The molecule has 10 nitrogen and oxygen atoms in total. The highest BCUT2D eigenvalue weighted by Crippen LogP contribution is 2.22. The molecule has 0 radical (unpaired) electrons. The zero-order valence-electron chi connectivity index (χ0n) is 16.6. The number of aromatic nitrogens is 4. The van der Waals surface area contributed by atoms with Crippen LogP contribution in [0.4, 0.5) is 15.9 Å². The highest BCUT2D eigenvalue weighted by molar-refractivity contribution is 9.10. The lowest BCUT2D eigenvalue weighted by Crippen LogP contribution is -2.17. The first kappa shape index (κ1) is 21.4. The van der Waals surface area contributed by atoms with Crippen molar-refractivity contribution in [3.8, 4) is 0 Å². The summed E-state index contributed by atoms with van der Waals surface area (Å²) in [6.45, 7) is 6.02. The Morgan fingerprint density at radius 2 is 2.10 bits per heavy atom. The number of aryl methyl sites for hydroxylation is 1. The van der Waals surface area contributed by atoms with Crippen molar-refractivity contribution in [1.82, 2.24) is 20.1 Å². The predicted octanol–water partition coefficient (Wildman–Crippen LogP) is 3.63. The minimum atomic E-state index is -0.430. The first-order valence-corrected chi connectivity index (χ1v) is 9.53. The SMILES string of the molecule is Cn1nc(C(C)(C)C)cc1C(=O)Nc1nonc1/C=N/ONc1ccc(F)c(Br)c1. The summed E-state index contributed by atoms with van der Waals surface area (Å²) >= 11 is 3.07. The second-order valence-corrected chi connectivity index (χ2v) is 8.15. The summed E-state index contributed by atoms with van der Waals surface area (Å²) in [4.78, 5) is 17.5. The predicted molar refractivity (Wildman–Crippen MR) is 111 cm³/mol. The summed E-state index contributed by atoms with van der Waals surface area (Å²) in [5, 5.41) is 18.0. The number of oxime groups is 1. The Kier molecular flexibility index (Phi) is 6.15. The van der Waals surface area contributed by atoms with Crippen LogP contribution in [0.25, 0.3) is 0 Å². The molecule has 0 aliphatic rings. The van der Waals surface area contributed by atoms with Gasteiger partial charge in [-0.15, -0.1) is 0 Å². The van der Waals surface area contributed by atoms with E-state index in [0.29, 0.717) is 11.4 Å². The lowest BCUT2D eigenvalue weighted by molar-refractivity contribution is 0.101. The van der Waals surface area contributed by atoms with Crippen LogP contribution in [0, 0.1) is 5.82 Å². The highest BCUT2D eigenvalue weighted by Gasteiger charge is 2.23. The number of carbonyl (C=O) groups excluding carboxylic acids is 1. The zero-order chi connectivity index (χ0) is 21.9. The van der Waals surface area contributed by atoms with Crippen LogP contribution in [0.1, 0.15) is 42.6 Å². The van der Waals surface area contributed by atoms with Crippen molar-refractivity contribution >= 4 is 39.6 Å². The van der Waals surface area contributed by atoms with Gasteiger partial charge in [0.25, 0.3) is 5.91 Å². The standard InChI is InChI=1S/C18H19BrFN7O3/c1-18(2,3)15-8-14(27(4)23-15)17(28)22-16-13(25-30-26-16)9-21-29-24-10-5-6-12(20)11(19)7-10/h5-9,24H,1-4H3,(H,22,26,28)/b21-9+. The van der Waals surface area contributed by atoms with Crippen molar-refractivity contribution in [3.05, 3.63) is 51.6 Å². The fraction of sp³-hybridized carbons (Fsp3) is 0.278. The van der Waals surface area contributed by atoms with Crippen molar-refractivity contribution in [2.24, 2.45) is 12.2 Å². The van der Waals surface area contributed by atoms with Crippen molar-refractivity contribution in [2.45, 2.75) is 26.2 Å². The topological polar surface area (TPSA) is 119 Å². The second-order valence-electron chi connectivity index (χ2n) is 7.30. The number of anilines is 2. The van der Waals surface area contributed by atoms with Crippen molar-refractivity contribution in [2.75, 3.05) is 10.8 Å². The molecular weight excluding hydrogens is 461 g/mol. The Bertz CT molecular complexity index is 1090. The number of amides is 1. The number of hydrogen-bond donors (Lipinski definition) is 2. The average molecular weight is 480 g/mol. The molecule has 0 spiro atoms. The molecule has 1 amide bonds. The molecule has 30 heavy (non-hydrogen) atoms. The van der Waals surface area contributed by atoms with E-state index in [9.17, 15) is 9.18 Å². The maximum Gasteiger partial charge on any atom is 0.275 e. The molecule has 0 saturated carbocycles. The van der Waals surface area contributed by atoms with Crippen LogP contribution < -0.4 is 10.8 Å². The molecule has 0 aliphatic heterocycles. The summed E-state index contributed by atoms with van der Waals surface area (Å²) in [6.07, 6.45) is 1.20. The van der Waals surface area contributed by atoms with Gasteiger partial charge in [-0.1, -0.05) is 25.9 Å². The van der Waals surface area contributed by atoms with Gasteiger partial charge in [-0.05, 0) is 50.5 Å². The van der Waals surface area contributed by atoms with Gasteiger partial charge in [0.1, 0.15) is 17.7 Å². The summed E-state index contributed by atoms with van der Waals surface area (Å²) in [5.74, 6) is -0.766. The van der Waals surface area contributed by atoms with E-state index < -0.39 is 11.7 Å². The van der Waals surface area contributed by atoms with Crippen LogP contribution in [0.15, 0.2) is 38.5 Å². The fourth-order valence-electron chi connectivity index (χ4n) is 2.30. The maximum absolute atomic E-state index is 13.2. The molecule has 0 bridgehead atoms. The quantitative estimate of drug-likeness (QED) is 0.409. The van der Waals surface area contributed by atoms with Crippen LogP contribution in [0.3, 0.4) is 0 Å². The molecule has 1 aromatic carbocycles. The molecule has 2 aromatic heterocycles. The number of nitrogens with one attached hydrogen (secondary N) is 2. The van der Waals surface area contributed by atoms with Gasteiger partial charge in [0, 0.05) is 12.5 Å². The molecule has 0 atom stereocenters. The largest absolute Gasteiger partial charge is 0.300 e. The van der Waals surface area contributed by atoms with Gasteiger partial charge in [-0.2, -0.15) is 10.6 Å². The molecule has 0 fully saturated rings. The molecule has 0 aliphatic carbocycles. The number of rotatable bonds is 6. The van der Waals surface area contributed by atoms with Crippen LogP contribution in [0.5, 0.6) is 0 Å². The second kappa shape index (κ2) is 8.61. The van der Waals surface area contributed by atoms with Gasteiger partial charge < -0.3 is 5.32 Å². The molecule has 3 aromatic rings. The summed E-state index contributed by atoms with van der Waals surface area (Å²) in [7, 11) is 1.68. The minimum Gasteiger partial charge on any atom is -0.300 e. The first-order valence-electron chi connectivity index (χ1n) is 8.74.